The molecule has 0 aromatic carbocycles. The number of hydrogen-bond acceptors (Lipinski definition) is 3. The van der Waals surface area contributed by atoms with Gasteiger partial charge in [0, 0.05) is 18.3 Å². The van der Waals surface area contributed by atoms with Crippen LogP contribution < -0.4 is 0 Å². The highest BCUT2D eigenvalue weighted by Gasteiger charge is 2.18. The third-order valence-corrected chi connectivity index (χ3v) is 4.19. The Morgan fingerprint density at radius 2 is 2.21 bits per heavy atom. The average molecular weight is 229 g/mol. The summed E-state index contributed by atoms with van der Waals surface area (Å²) in [7, 11) is 0. The second-order valence-corrected chi connectivity index (χ2v) is 5.40. The van der Waals surface area contributed by atoms with E-state index in [9.17, 15) is 0 Å². The zero-order chi connectivity index (χ0) is 9.80. The second kappa shape index (κ2) is 5.14. The zero-order valence-corrected chi connectivity index (χ0v) is 9.78. The fourth-order valence-electron chi connectivity index (χ4n) is 1.65. The topological polar surface area (TPSA) is 12.5 Å². The highest BCUT2D eigenvalue weighted by Crippen LogP contribution is 2.26. The van der Waals surface area contributed by atoms with E-state index in [-0.39, 0.29) is 0 Å². The number of allylic oxidation sites excluding steroid dienone is 1. The third kappa shape index (κ3) is 2.72. The summed E-state index contributed by atoms with van der Waals surface area (Å²) in [6, 6.07) is 0. The minimum Gasteiger partial charge on any atom is -0.378 e. The molecule has 1 aliphatic heterocycles. The van der Waals surface area contributed by atoms with Gasteiger partial charge in [0.2, 0.25) is 0 Å². The molecule has 0 N–H and O–H groups in total. The summed E-state index contributed by atoms with van der Waals surface area (Å²) in [4.78, 5) is 2.26. The van der Waals surface area contributed by atoms with Crippen molar-refractivity contribution in [1.29, 1.82) is 0 Å². The Morgan fingerprint density at radius 1 is 1.43 bits per heavy atom. The number of thioether (sulfide) groups is 1. The van der Waals surface area contributed by atoms with Gasteiger partial charge in [-0.05, 0) is 12.8 Å². The predicted octanol–water partition coefficient (Wildman–Crippen LogP) is 2.06. The van der Waals surface area contributed by atoms with Gasteiger partial charge in [0.25, 0.3) is 0 Å². The molecule has 78 valence electrons. The van der Waals surface area contributed by atoms with Crippen LogP contribution in [0, 0.1) is 0 Å². The number of nitrogens with zero attached hydrogens (tertiary/aromatic N) is 1. The Balaban J connectivity index is 1.78. The van der Waals surface area contributed by atoms with Gasteiger partial charge >= 0.3 is 0 Å². The van der Waals surface area contributed by atoms with Crippen LogP contribution in [0.5, 0.6) is 0 Å². The van der Waals surface area contributed by atoms with E-state index in [1.54, 1.807) is 0 Å². The fraction of sp³-hybridized carbons (Fsp3) is 0.700. The summed E-state index contributed by atoms with van der Waals surface area (Å²) in [6.07, 6.45) is 6.98. The van der Waals surface area contributed by atoms with Crippen LogP contribution in [-0.2, 0) is 4.74 Å². The van der Waals surface area contributed by atoms with E-state index in [1.807, 2.05) is 11.8 Å². The summed E-state index contributed by atoms with van der Waals surface area (Å²) < 4.78 is 6.34. The van der Waals surface area contributed by atoms with Crippen LogP contribution in [0.1, 0.15) is 12.8 Å². The first-order valence-corrected chi connectivity index (χ1v) is 6.35. The second-order valence-electron chi connectivity index (χ2n) is 3.53. The molecule has 0 bridgehead atoms. The molecule has 0 amide bonds. The molecule has 2 rings (SSSR count). The van der Waals surface area contributed by atoms with Crippen molar-refractivity contribution in [2.24, 2.45) is 0 Å². The molecule has 1 aliphatic carbocycles. The minimum absolute atomic E-state index is 0.616. The molecule has 0 aromatic rings. The largest absolute Gasteiger partial charge is 0.378 e. The summed E-state index contributed by atoms with van der Waals surface area (Å²) in [5, 5.41) is 0.616. The number of hydrogen-bond donors (Lipinski definition) is 0. The van der Waals surface area contributed by atoms with Gasteiger partial charge in [0.1, 0.15) is 4.32 Å². The van der Waals surface area contributed by atoms with E-state index in [0.717, 1.165) is 30.6 Å². The third-order valence-electron chi connectivity index (χ3n) is 2.49. The molecular formula is C10H15NOS2. The van der Waals surface area contributed by atoms with Crippen LogP contribution in [0.25, 0.3) is 0 Å². The molecule has 0 radical (unpaired) electrons. The van der Waals surface area contributed by atoms with E-state index in [4.69, 9.17) is 17.0 Å². The Labute approximate surface area is 94.7 Å². The minimum atomic E-state index is 0.616. The van der Waals surface area contributed by atoms with Crippen molar-refractivity contribution < 1.29 is 4.74 Å². The lowest BCUT2D eigenvalue weighted by Gasteiger charge is -2.29. The normalized spacial score (nSPS) is 26.9. The highest BCUT2D eigenvalue weighted by molar-refractivity contribution is 8.23. The Bertz CT molecular complexity index is 236. The predicted molar refractivity (Wildman–Crippen MR) is 64.7 cm³/mol. The lowest BCUT2D eigenvalue weighted by atomic mass is 10.4. The van der Waals surface area contributed by atoms with E-state index in [2.05, 4.69) is 17.1 Å². The van der Waals surface area contributed by atoms with Crippen molar-refractivity contribution in [3.8, 4) is 0 Å². The number of thiocarbonyl (C=S) groups is 1. The van der Waals surface area contributed by atoms with E-state index in [1.165, 1.54) is 12.8 Å². The van der Waals surface area contributed by atoms with Crippen LogP contribution >= 0.6 is 24.0 Å². The first-order valence-electron chi connectivity index (χ1n) is 5.06. The summed E-state index contributed by atoms with van der Waals surface area (Å²) in [6.45, 7) is 3.56. The van der Waals surface area contributed by atoms with Crippen molar-refractivity contribution in [3.63, 3.8) is 0 Å². The molecule has 0 aromatic heterocycles. The number of rotatable bonds is 1. The molecule has 1 heterocycles. The Kier molecular flexibility index (Phi) is 3.84. The number of ether oxygens (including phenoxy) is 1. The molecule has 1 atom stereocenters. The molecule has 1 saturated heterocycles. The lowest BCUT2D eigenvalue weighted by Crippen LogP contribution is -2.39. The standard InChI is InChI=1S/C10H15NOS2/c13-10(11-5-7-12-8-6-11)14-9-3-1-2-4-9/h1,3,9H,2,4-8H2/t9-/m1/s1. The van der Waals surface area contributed by atoms with Crippen LogP contribution in [-0.4, -0.2) is 40.8 Å². The molecule has 1 fully saturated rings. The molecule has 2 nitrogen and oxygen atoms in total. The monoisotopic (exact) mass is 229 g/mol. The van der Waals surface area contributed by atoms with Crippen LogP contribution in [0.3, 0.4) is 0 Å². The summed E-state index contributed by atoms with van der Waals surface area (Å²) >= 11 is 7.24. The first-order chi connectivity index (χ1) is 6.86. The highest BCUT2D eigenvalue weighted by atomic mass is 32.2. The van der Waals surface area contributed by atoms with Gasteiger partial charge in [0.05, 0.1) is 13.2 Å². The lowest BCUT2D eigenvalue weighted by molar-refractivity contribution is 0.0702. The number of morpholine rings is 1. The van der Waals surface area contributed by atoms with E-state index >= 15 is 0 Å². The van der Waals surface area contributed by atoms with E-state index in [0.29, 0.717) is 5.25 Å². The maximum atomic E-state index is 5.41. The molecule has 4 heteroatoms. The molecule has 2 aliphatic rings. The van der Waals surface area contributed by atoms with Gasteiger partial charge in [-0.3, -0.25) is 0 Å². The Morgan fingerprint density at radius 3 is 2.86 bits per heavy atom. The SMILES string of the molecule is S=C(S[C@@H]1C=CCC1)N1CCOCC1. The van der Waals surface area contributed by atoms with Crippen molar-refractivity contribution in [2.75, 3.05) is 26.3 Å². The van der Waals surface area contributed by atoms with Crippen molar-refractivity contribution in [1.82, 2.24) is 4.90 Å². The maximum Gasteiger partial charge on any atom is 0.137 e. The maximum absolute atomic E-state index is 5.41. The van der Waals surface area contributed by atoms with Crippen LogP contribution in [0.4, 0.5) is 0 Å². The van der Waals surface area contributed by atoms with Gasteiger partial charge in [-0.2, -0.15) is 0 Å². The quantitative estimate of drug-likeness (QED) is 0.504. The summed E-state index contributed by atoms with van der Waals surface area (Å²) in [5.74, 6) is 0. The van der Waals surface area contributed by atoms with Gasteiger partial charge in [-0.15, -0.1) is 0 Å². The molecular weight excluding hydrogens is 214 g/mol. The van der Waals surface area contributed by atoms with Crippen molar-refractivity contribution >= 4 is 28.3 Å². The zero-order valence-electron chi connectivity index (χ0n) is 8.15. The van der Waals surface area contributed by atoms with Gasteiger partial charge in [-0.1, -0.05) is 36.1 Å². The van der Waals surface area contributed by atoms with Crippen molar-refractivity contribution in [2.45, 2.75) is 18.1 Å². The van der Waals surface area contributed by atoms with Crippen LogP contribution in [0.2, 0.25) is 0 Å². The smallest absolute Gasteiger partial charge is 0.137 e. The van der Waals surface area contributed by atoms with Crippen molar-refractivity contribution in [3.05, 3.63) is 12.2 Å². The fourth-order valence-corrected chi connectivity index (χ4v) is 3.24. The van der Waals surface area contributed by atoms with Gasteiger partial charge in [0.15, 0.2) is 0 Å². The summed E-state index contributed by atoms with van der Waals surface area (Å²) in [5.41, 5.74) is 0. The molecule has 0 saturated carbocycles. The van der Waals surface area contributed by atoms with Gasteiger partial charge < -0.3 is 9.64 Å². The average Bonchev–Trinajstić information content (AvgIpc) is 2.72. The molecule has 0 spiro atoms. The Hall–Kier alpha value is -0.0600. The molecule has 14 heavy (non-hydrogen) atoms. The first kappa shape index (κ1) is 10.5. The van der Waals surface area contributed by atoms with Crippen LogP contribution in [0.15, 0.2) is 12.2 Å². The van der Waals surface area contributed by atoms with Gasteiger partial charge in [-0.25, -0.2) is 0 Å². The molecule has 0 unspecified atom stereocenters. The van der Waals surface area contributed by atoms with E-state index < -0.39 is 0 Å².